The lowest BCUT2D eigenvalue weighted by Gasteiger charge is -2.08. The van der Waals surface area contributed by atoms with Crippen LogP contribution in [0.25, 0.3) is 0 Å². The number of hydrogen-bond acceptors (Lipinski definition) is 2. The molecule has 1 amide bonds. The van der Waals surface area contributed by atoms with Gasteiger partial charge in [0.2, 0.25) is 5.91 Å². The first-order valence-electron chi connectivity index (χ1n) is 6.80. The van der Waals surface area contributed by atoms with Crippen molar-refractivity contribution in [2.45, 2.75) is 33.2 Å². The highest BCUT2D eigenvalue weighted by Crippen LogP contribution is 2.08. The molecule has 2 N–H and O–H groups in total. The summed E-state index contributed by atoms with van der Waals surface area (Å²) in [6, 6.07) is 7.71. The van der Waals surface area contributed by atoms with Gasteiger partial charge in [-0.2, -0.15) is 0 Å². The van der Waals surface area contributed by atoms with E-state index in [1.165, 1.54) is 5.56 Å². The van der Waals surface area contributed by atoms with Crippen molar-refractivity contribution in [2.75, 3.05) is 13.1 Å². The maximum atomic E-state index is 11.5. The van der Waals surface area contributed by atoms with Gasteiger partial charge >= 0.3 is 0 Å². The number of amides is 1. The molecule has 0 saturated heterocycles. The minimum atomic E-state index is 0.115. The van der Waals surface area contributed by atoms with Crippen LogP contribution in [0.2, 0.25) is 5.02 Å². The minimum absolute atomic E-state index is 0.115. The first-order valence-corrected chi connectivity index (χ1v) is 7.17. The topological polar surface area (TPSA) is 41.1 Å². The van der Waals surface area contributed by atoms with E-state index in [0.29, 0.717) is 18.9 Å². The molecular formula is C15H23ClN2O. The van der Waals surface area contributed by atoms with E-state index >= 15 is 0 Å². The molecule has 0 fully saturated rings. The summed E-state index contributed by atoms with van der Waals surface area (Å²) >= 11 is 5.81. The molecule has 0 aliphatic rings. The molecule has 1 aromatic carbocycles. The van der Waals surface area contributed by atoms with Crippen LogP contribution in [0.1, 0.15) is 32.3 Å². The maximum Gasteiger partial charge on any atom is 0.221 e. The minimum Gasteiger partial charge on any atom is -0.356 e. The van der Waals surface area contributed by atoms with E-state index in [-0.39, 0.29) is 5.91 Å². The molecule has 1 rings (SSSR count). The highest BCUT2D eigenvalue weighted by molar-refractivity contribution is 6.30. The largest absolute Gasteiger partial charge is 0.356 e. The summed E-state index contributed by atoms with van der Waals surface area (Å²) in [6.07, 6.45) is 1.55. The van der Waals surface area contributed by atoms with E-state index in [9.17, 15) is 4.79 Å². The Morgan fingerprint density at radius 2 is 1.89 bits per heavy atom. The van der Waals surface area contributed by atoms with Crippen molar-refractivity contribution in [1.29, 1.82) is 0 Å². The molecule has 0 radical (unpaired) electrons. The monoisotopic (exact) mass is 282 g/mol. The van der Waals surface area contributed by atoms with E-state index in [1.54, 1.807) is 0 Å². The van der Waals surface area contributed by atoms with Crippen LogP contribution in [0.15, 0.2) is 24.3 Å². The first-order chi connectivity index (χ1) is 9.08. The summed E-state index contributed by atoms with van der Waals surface area (Å²) in [7, 11) is 0. The van der Waals surface area contributed by atoms with E-state index < -0.39 is 0 Å². The molecule has 4 heteroatoms. The van der Waals surface area contributed by atoms with Gasteiger partial charge < -0.3 is 10.6 Å². The normalized spacial score (nSPS) is 10.7. The Kier molecular flexibility index (Phi) is 7.53. The average molecular weight is 283 g/mol. The Bertz CT molecular complexity index is 376. The molecule has 19 heavy (non-hydrogen) atoms. The summed E-state index contributed by atoms with van der Waals surface area (Å²) in [5, 5.41) is 6.91. The third-order valence-corrected chi connectivity index (χ3v) is 3.07. The quantitative estimate of drug-likeness (QED) is 0.720. The van der Waals surface area contributed by atoms with Crippen LogP contribution in [-0.2, 0) is 11.3 Å². The molecule has 0 spiro atoms. The van der Waals surface area contributed by atoms with Gasteiger partial charge in [0.05, 0.1) is 0 Å². The molecule has 106 valence electrons. The fraction of sp³-hybridized carbons (Fsp3) is 0.533. The van der Waals surface area contributed by atoms with Gasteiger partial charge in [-0.05, 0) is 30.0 Å². The summed E-state index contributed by atoms with van der Waals surface area (Å²) in [5.41, 5.74) is 1.17. The third-order valence-electron chi connectivity index (χ3n) is 2.82. The Morgan fingerprint density at radius 3 is 2.53 bits per heavy atom. The first kappa shape index (κ1) is 16.0. The summed E-state index contributed by atoms with van der Waals surface area (Å²) in [5.74, 6) is 0.743. The molecule has 1 aromatic rings. The molecule has 0 saturated carbocycles. The van der Waals surface area contributed by atoms with Crippen molar-refractivity contribution in [3.05, 3.63) is 34.9 Å². The van der Waals surface area contributed by atoms with Crippen LogP contribution in [0.4, 0.5) is 0 Å². The molecule has 0 aliphatic heterocycles. The Labute approximate surface area is 120 Å². The number of benzene rings is 1. The summed E-state index contributed by atoms with van der Waals surface area (Å²) in [6.45, 7) is 6.53. The van der Waals surface area contributed by atoms with Crippen LogP contribution in [0, 0.1) is 5.92 Å². The van der Waals surface area contributed by atoms with Gasteiger partial charge in [-0.25, -0.2) is 0 Å². The SMILES string of the molecule is CC(C)CCNC(=O)CCNCc1ccc(Cl)cc1. The van der Waals surface area contributed by atoms with E-state index in [1.807, 2.05) is 24.3 Å². The predicted octanol–water partition coefficient (Wildman–Crippen LogP) is 2.98. The van der Waals surface area contributed by atoms with Gasteiger partial charge in [0.1, 0.15) is 0 Å². The second kappa shape index (κ2) is 8.94. The second-order valence-corrected chi connectivity index (χ2v) is 5.52. The van der Waals surface area contributed by atoms with Crippen molar-refractivity contribution < 1.29 is 4.79 Å². The Hall–Kier alpha value is -1.06. The molecule has 3 nitrogen and oxygen atoms in total. The Morgan fingerprint density at radius 1 is 1.21 bits per heavy atom. The molecule has 0 aliphatic carbocycles. The highest BCUT2D eigenvalue weighted by atomic mass is 35.5. The summed E-state index contributed by atoms with van der Waals surface area (Å²) < 4.78 is 0. The number of halogens is 1. The van der Waals surface area contributed by atoms with Crippen molar-refractivity contribution in [3.8, 4) is 0 Å². The second-order valence-electron chi connectivity index (χ2n) is 5.09. The zero-order valence-corrected chi connectivity index (χ0v) is 12.5. The van der Waals surface area contributed by atoms with E-state index in [4.69, 9.17) is 11.6 Å². The van der Waals surface area contributed by atoms with Crippen molar-refractivity contribution in [1.82, 2.24) is 10.6 Å². The van der Waals surface area contributed by atoms with Gasteiger partial charge in [-0.15, -0.1) is 0 Å². The Balaban J connectivity index is 2.07. The fourth-order valence-corrected chi connectivity index (χ4v) is 1.75. The number of rotatable bonds is 8. The highest BCUT2D eigenvalue weighted by Gasteiger charge is 2.01. The number of hydrogen-bond donors (Lipinski definition) is 2. The molecule has 0 bridgehead atoms. The standard InChI is InChI=1S/C15H23ClN2O/c1-12(2)7-10-18-15(19)8-9-17-11-13-3-5-14(16)6-4-13/h3-6,12,17H,7-11H2,1-2H3,(H,18,19). The van der Waals surface area contributed by atoms with Crippen LogP contribution in [0.5, 0.6) is 0 Å². The van der Waals surface area contributed by atoms with Crippen LogP contribution < -0.4 is 10.6 Å². The number of carbonyl (C=O) groups is 1. The zero-order valence-electron chi connectivity index (χ0n) is 11.7. The zero-order chi connectivity index (χ0) is 14.1. The lowest BCUT2D eigenvalue weighted by Crippen LogP contribution is -2.28. The van der Waals surface area contributed by atoms with Crippen molar-refractivity contribution in [3.63, 3.8) is 0 Å². The van der Waals surface area contributed by atoms with Crippen LogP contribution in [-0.4, -0.2) is 19.0 Å². The van der Waals surface area contributed by atoms with E-state index in [2.05, 4.69) is 24.5 Å². The van der Waals surface area contributed by atoms with Gasteiger partial charge in [-0.1, -0.05) is 37.6 Å². The maximum absolute atomic E-state index is 11.5. The summed E-state index contributed by atoms with van der Waals surface area (Å²) in [4.78, 5) is 11.5. The van der Waals surface area contributed by atoms with Crippen molar-refractivity contribution in [2.24, 2.45) is 5.92 Å². The van der Waals surface area contributed by atoms with Crippen LogP contribution >= 0.6 is 11.6 Å². The molecular weight excluding hydrogens is 260 g/mol. The third kappa shape index (κ3) is 7.85. The van der Waals surface area contributed by atoms with E-state index in [0.717, 1.165) is 24.5 Å². The van der Waals surface area contributed by atoms with Crippen LogP contribution in [0.3, 0.4) is 0 Å². The lowest BCUT2D eigenvalue weighted by molar-refractivity contribution is -0.121. The van der Waals surface area contributed by atoms with Gasteiger partial charge in [0, 0.05) is 31.1 Å². The molecule has 0 aromatic heterocycles. The predicted molar refractivity (Wildman–Crippen MR) is 80.2 cm³/mol. The molecule has 0 unspecified atom stereocenters. The molecule has 0 atom stereocenters. The lowest BCUT2D eigenvalue weighted by atomic mass is 10.1. The molecule has 0 heterocycles. The van der Waals surface area contributed by atoms with Gasteiger partial charge in [-0.3, -0.25) is 4.79 Å². The van der Waals surface area contributed by atoms with Gasteiger partial charge in [0.15, 0.2) is 0 Å². The van der Waals surface area contributed by atoms with Gasteiger partial charge in [0.25, 0.3) is 0 Å². The smallest absolute Gasteiger partial charge is 0.221 e. The number of carbonyl (C=O) groups excluding carboxylic acids is 1. The van der Waals surface area contributed by atoms with Crippen molar-refractivity contribution >= 4 is 17.5 Å². The fourth-order valence-electron chi connectivity index (χ4n) is 1.63. The average Bonchev–Trinajstić information content (AvgIpc) is 2.36. The number of nitrogens with one attached hydrogen (secondary N) is 2.